The van der Waals surface area contributed by atoms with E-state index in [1.807, 2.05) is 18.2 Å². The fourth-order valence-electron chi connectivity index (χ4n) is 4.27. The van der Waals surface area contributed by atoms with E-state index in [1.165, 1.54) is 37.2 Å². The van der Waals surface area contributed by atoms with E-state index in [0.29, 0.717) is 28.8 Å². The van der Waals surface area contributed by atoms with Crippen LogP contribution in [-0.4, -0.2) is 46.5 Å². The number of aliphatic hydroxyl groups excluding tert-OH is 1. The van der Waals surface area contributed by atoms with Gasteiger partial charge in [0.15, 0.2) is 12.0 Å². The fraction of sp³-hybridized carbons (Fsp3) is 0.231. The average Bonchev–Trinajstić information content (AvgIpc) is 2.89. The first-order valence-corrected chi connectivity index (χ1v) is 11.6. The largest absolute Gasteiger partial charge is 0.372 e. The van der Waals surface area contributed by atoms with Gasteiger partial charge in [-0.05, 0) is 67.8 Å². The van der Waals surface area contributed by atoms with Crippen LogP contribution in [0.15, 0.2) is 72.4 Å². The number of carbonyl (C=O) groups excluding carboxylic acids is 1. The van der Waals surface area contributed by atoms with E-state index < -0.39 is 6.23 Å². The number of fused-ring (bicyclic) bond motifs is 1. The molecule has 178 valence electrons. The van der Waals surface area contributed by atoms with Gasteiger partial charge in [-0.2, -0.15) is 4.98 Å². The van der Waals surface area contributed by atoms with Crippen LogP contribution in [-0.2, 0) is 4.79 Å². The molecule has 0 saturated carbocycles. The molecule has 3 aromatic rings. The lowest BCUT2D eigenvalue weighted by Gasteiger charge is -2.31. The van der Waals surface area contributed by atoms with Crippen molar-refractivity contribution < 1.29 is 9.90 Å². The Bertz CT molecular complexity index is 1250. The second-order valence-electron chi connectivity index (χ2n) is 8.43. The lowest BCUT2D eigenvalue weighted by atomic mass is 10.1. The first-order chi connectivity index (χ1) is 17.1. The van der Waals surface area contributed by atoms with E-state index in [9.17, 15) is 9.90 Å². The maximum Gasteiger partial charge on any atom is 0.247 e. The lowest BCUT2D eigenvalue weighted by molar-refractivity contribution is -0.111. The molecule has 2 aromatic carbocycles. The fourth-order valence-corrected chi connectivity index (χ4v) is 4.27. The molecule has 0 radical (unpaired) electrons. The summed E-state index contributed by atoms with van der Waals surface area (Å²) in [6.07, 6.45) is 6.98. The van der Waals surface area contributed by atoms with Crippen LogP contribution in [0.25, 0.3) is 0 Å². The van der Waals surface area contributed by atoms with E-state index in [2.05, 4.69) is 49.2 Å². The molecule has 1 unspecified atom stereocenters. The van der Waals surface area contributed by atoms with Crippen LogP contribution in [0, 0.1) is 0 Å². The average molecular weight is 470 g/mol. The SMILES string of the molecule is C=CC(=O)Nc1cccc(N2c3nc(Nc4ccc(N5CCCCC5)cc4)ncc3N=CC2O)c1. The summed E-state index contributed by atoms with van der Waals surface area (Å²) in [4.78, 5) is 29.1. The van der Waals surface area contributed by atoms with Crippen molar-refractivity contribution in [2.75, 3.05) is 33.5 Å². The van der Waals surface area contributed by atoms with E-state index in [0.717, 1.165) is 18.8 Å². The molecule has 1 saturated heterocycles. The molecule has 0 aliphatic carbocycles. The number of hydrogen-bond acceptors (Lipinski definition) is 8. The van der Waals surface area contributed by atoms with Crippen LogP contribution in [0.5, 0.6) is 0 Å². The molecule has 0 spiro atoms. The van der Waals surface area contributed by atoms with E-state index in [4.69, 9.17) is 0 Å². The third kappa shape index (κ3) is 4.99. The number of amides is 1. The predicted octanol–water partition coefficient (Wildman–Crippen LogP) is 4.51. The monoisotopic (exact) mass is 469 g/mol. The number of nitrogens with zero attached hydrogens (tertiary/aromatic N) is 5. The zero-order chi connectivity index (χ0) is 24.2. The zero-order valence-corrected chi connectivity index (χ0v) is 19.3. The third-order valence-corrected chi connectivity index (χ3v) is 6.01. The van der Waals surface area contributed by atoms with Crippen molar-refractivity contribution in [3.05, 3.63) is 67.4 Å². The summed E-state index contributed by atoms with van der Waals surface area (Å²) >= 11 is 0. The highest BCUT2D eigenvalue weighted by Crippen LogP contribution is 2.37. The van der Waals surface area contributed by atoms with Crippen molar-refractivity contribution in [1.82, 2.24) is 9.97 Å². The summed E-state index contributed by atoms with van der Waals surface area (Å²) in [6.45, 7) is 5.67. The summed E-state index contributed by atoms with van der Waals surface area (Å²) in [5.74, 6) is 0.526. The van der Waals surface area contributed by atoms with Gasteiger partial charge in [-0.15, -0.1) is 0 Å². The second kappa shape index (κ2) is 9.94. The number of benzene rings is 2. The van der Waals surface area contributed by atoms with Crippen LogP contribution >= 0.6 is 0 Å². The number of nitrogens with one attached hydrogen (secondary N) is 2. The molecular formula is C26H27N7O2. The zero-order valence-electron chi connectivity index (χ0n) is 19.3. The van der Waals surface area contributed by atoms with E-state index in [1.54, 1.807) is 29.3 Å². The maximum atomic E-state index is 11.7. The first-order valence-electron chi connectivity index (χ1n) is 11.6. The Hall–Kier alpha value is -4.24. The van der Waals surface area contributed by atoms with E-state index >= 15 is 0 Å². The molecule has 35 heavy (non-hydrogen) atoms. The van der Waals surface area contributed by atoms with Crippen molar-refractivity contribution in [2.24, 2.45) is 4.99 Å². The number of aromatic nitrogens is 2. The van der Waals surface area contributed by atoms with Crippen molar-refractivity contribution in [3.8, 4) is 0 Å². The molecule has 1 fully saturated rings. The van der Waals surface area contributed by atoms with Crippen molar-refractivity contribution in [2.45, 2.75) is 25.5 Å². The highest BCUT2D eigenvalue weighted by atomic mass is 16.3. The van der Waals surface area contributed by atoms with Gasteiger partial charge in [-0.25, -0.2) is 4.98 Å². The van der Waals surface area contributed by atoms with Gasteiger partial charge >= 0.3 is 0 Å². The number of carbonyl (C=O) groups is 1. The number of rotatable bonds is 6. The molecule has 0 bridgehead atoms. The summed E-state index contributed by atoms with van der Waals surface area (Å²) in [7, 11) is 0. The maximum absolute atomic E-state index is 11.7. The Morgan fingerprint density at radius 2 is 1.86 bits per heavy atom. The van der Waals surface area contributed by atoms with Crippen LogP contribution < -0.4 is 20.4 Å². The predicted molar refractivity (Wildman–Crippen MR) is 139 cm³/mol. The Morgan fingerprint density at radius 1 is 1.06 bits per heavy atom. The van der Waals surface area contributed by atoms with Gasteiger partial charge in [-0.1, -0.05) is 12.6 Å². The number of anilines is 6. The lowest BCUT2D eigenvalue weighted by Crippen LogP contribution is -2.35. The van der Waals surface area contributed by atoms with Gasteiger partial charge < -0.3 is 20.6 Å². The van der Waals surface area contributed by atoms with Gasteiger partial charge in [0.2, 0.25) is 11.9 Å². The molecule has 9 nitrogen and oxygen atoms in total. The Kier molecular flexibility index (Phi) is 6.40. The molecule has 2 aliphatic rings. The summed E-state index contributed by atoms with van der Waals surface area (Å²) < 4.78 is 0. The van der Waals surface area contributed by atoms with Crippen molar-refractivity contribution >= 4 is 52.3 Å². The first kappa shape index (κ1) is 22.5. The minimum Gasteiger partial charge on any atom is -0.372 e. The van der Waals surface area contributed by atoms with Gasteiger partial charge in [-0.3, -0.25) is 14.7 Å². The van der Waals surface area contributed by atoms with Crippen molar-refractivity contribution in [1.29, 1.82) is 0 Å². The van der Waals surface area contributed by atoms with Gasteiger partial charge in [0.25, 0.3) is 0 Å². The van der Waals surface area contributed by atoms with Crippen LogP contribution in [0.4, 0.5) is 40.2 Å². The Morgan fingerprint density at radius 3 is 2.63 bits per heavy atom. The molecule has 5 rings (SSSR count). The normalized spacial score (nSPS) is 17.0. The molecule has 3 N–H and O–H groups in total. The number of hydrogen-bond donors (Lipinski definition) is 3. The van der Waals surface area contributed by atoms with Gasteiger partial charge in [0.1, 0.15) is 5.69 Å². The highest BCUT2D eigenvalue weighted by molar-refractivity contribution is 5.99. The molecule has 1 amide bonds. The van der Waals surface area contributed by atoms with Crippen LogP contribution in [0.1, 0.15) is 19.3 Å². The minimum absolute atomic E-state index is 0.316. The minimum atomic E-state index is -1.03. The second-order valence-corrected chi connectivity index (χ2v) is 8.43. The summed E-state index contributed by atoms with van der Waals surface area (Å²) in [6, 6.07) is 15.4. The number of piperidine rings is 1. The van der Waals surface area contributed by atoms with Crippen molar-refractivity contribution in [3.63, 3.8) is 0 Å². The summed E-state index contributed by atoms with van der Waals surface area (Å²) in [5.41, 5.74) is 3.83. The number of aliphatic hydroxyl groups is 1. The van der Waals surface area contributed by atoms with Crippen LogP contribution in [0.2, 0.25) is 0 Å². The van der Waals surface area contributed by atoms with Crippen LogP contribution in [0.3, 0.4) is 0 Å². The molecule has 9 heteroatoms. The Balaban J connectivity index is 1.39. The third-order valence-electron chi connectivity index (χ3n) is 6.01. The molecule has 3 heterocycles. The smallest absolute Gasteiger partial charge is 0.247 e. The molecular weight excluding hydrogens is 442 g/mol. The molecule has 2 aliphatic heterocycles. The summed E-state index contributed by atoms with van der Waals surface area (Å²) in [5, 5.41) is 16.7. The molecule has 1 atom stereocenters. The Labute approximate surface area is 203 Å². The van der Waals surface area contributed by atoms with E-state index in [-0.39, 0.29) is 5.91 Å². The molecule has 1 aromatic heterocycles. The van der Waals surface area contributed by atoms with Gasteiger partial charge in [0, 0.05) is 35.8 Å². The topological polar surface area (TPSA) is 106 Å². The number of aliphatic imine (C=N–C) groups is 1. The quantitative estimate of drug-likeness (QED) is 0.456. The standard InChI is InChI=1S/C26H27N7O2/c1-2-23(34)29-19-7-6-8-21(15-19)33-24(35)17-27-22-16-28-26(31-25(22)33)30-18-9-11-20(12-10-18)32-13-4-3-5-14-32/h2,6-12,15-17,24,35H,1,3-5,13-14H2,(H,29,34)(H,28,30,31). The van der Waals surface area contributed by atoms with Gasteiger partial charge in [0.05, 0.1) is 12.4 Å². The highest BCUT2D eigenvalue weighted by Gasteiger charge is 2.26.